The number of furan rings is 1. The first-order chi connectivity index (χ1) is 9.81. The van der Waals surface area contributed by atoms with Crippen LogP contribution < -0.4 is 4.72 Å². The molecule has 1 aliphatic carbocycles. The van der Waals surface area contributed by atoms with Crippen LogP contribution in [-0.4, -0.2) is 37.2 Å². The highest BCUT2D eigenvalue weighted by molar-refractivity contribution is 7.89. The van der Waals surface area contributed by atoms with Gasteiger partial charge >= 0.3 is 5.97 Å². The van der Waals surface area contributed by atoms with E-state index in [0.29, 0.717) is 6.42 Å². The van der Waals surface area contributed by atoms with Crippen LogP contribution in [0.2, 0.25) is 0 Å². The normalized spacial score (nSPS) is 23.1. The summed E-state index contributed by atoms with van der Waals surface area (Å²) >= 11 is 0. The maximum atomic E-state index is 12.2. The van der Waals surface area contributed by atoms with Crippen LogP contribution >= 0.6 is 0 Å². The molecule has 1 aromatic heterocycles. The summed E-state index contributed by atoms with van der Waals surface area (Å²) < 4.78 is 31.7. The third-order valence-electron chi connectivity index (χ3n) is 3.78. The van der Waals surface area contributed by atoms with Gasteiger partial charge in [-0.3, -0.25) is 0 Å². The molecule has 0 amide bonds. The molecule has 2 rings (SSSR count). The van der Waals surface area contributed by atoms with Crippen LogP contribution in [0.1, 0.15) is 42.0 Å². The van der Waals surface area contributed by atoms with Gasteiger partial charge in [-0.1, -0.05) is 12.8 Å². The van der Waals surface area contributed by atoms with Crippen molar-refractivity contribution in [2.45, 2.75) is 43.6 Å². The molecule has 2 atom stereocenters. The van der Waals surface area contributed by atoms with E-state index in [-0.39, 0.29) is 23.1 Å². The van der Waals surface area contributed by atoms with Gasteiger partial charge in [-0.05, 0) is 25.7 Å². The van der Waals surface area contributed by atoms with E-state index in [4.69, 9.17) is 9.52 Å². The van der Waals surface area contributed by atoms with Gasteiger partial charge in [-0.25, -0.2) is 17.9 Å². The van der Waals surface area contributed by atoms with Crippen molar-refractivity contribution < 1.29 is 27.8 Å². The molecule has 1 aromatic rings. The molecule has 1 saturated carbocycles. The largest absolute Gasteiger partial charge is 0.475 e. The van der Waals surface area contributed by atoms with Crippen molar-refractivity contribution in [3.05, 3.63) is 17.6 Å². The van der Waals surface area contributed by atoms with Gasteiger partial charge in [-0.2, -0.15) is 0 Å². The lowest BCUT2D eigenvalue weighted by Gasteiger charge is -2.27. The Morgan fingerprint density at radius 2 is 2.10 bits per heavy atom. The third-order valence-corrected chi connectivity index (χ3v) is 5.31. The molecule has 1 fully saturated rings. The molecular weight excluding hydrogens is 298 g/mol. The number of aliphatic hydroxyl groups is 1. The van der Waals surface area contributed by atoms with Crippen LogP contribution in [0.3, 0.4) is 0 Å². The molecule has 1 aliphatic rings. The summed E-state index contributed by atoms with van der Waals surface area (Å²) in [7, 11) is -3.84. The number of nitrogens with one attached hydrogen (secondary N) is 1. The van der Waals surface area contributed by atoms with Crippen LogP contribution in [0, 0.1) is 12.8 Å². The van der Waals surface area contributed by atoms with Gasteiger partial charge in [0.25, 0.3) is 0 Å². The summed E-state index contributed by atoms with van der Waals surface area (Å²) in [6.07, 6.45) is 2.88. The van der Waals surface area contributed by atoms with Gasteiger partial charge in [0.2, 0.25) is 15.8 Å². The lowest BCUT2D eigenvalue weighted by atomic mass is 9.87. The van der Waals surface area contributed by atoms with E-state index in [1.807, 2.05) is 0 Å². The lowest BCUT2D eigenvalue weighted by Crippen LogP contribution is -2.36. The van der Waals surface area contributed by atoms with E-state index >= 15 is 0 Å². The number of carboxylic acid groups (broad SMARTS) is 1. The molecule has 3 N–H and O–H groups in total. The standard InChI is InChI=1S/C13H19NO6S/c1-8-12(6-11(20-8)13(16)17)21(18,19)14-7-9-4-2-3-5-10(9)15/h6,9-10,14-15H,2-5,7H2,1H3,(H,16,17). The van der Waals surface area contributed by atoms with Gasteiger partial charge in [0.15, 0.2) is 0 Å². The number of sulfonamides is 1. The Balaban J connectivity index is 2.09. The molecular formula is C13H19NO6S. The van der Waals surface area contributed by atoms with Crippen molar-refractivity contribution in [3.63, 3.8) is 0 Å². The van der Waals surface area contributed by atoms with Gasteiger partial charge in [0.05, 0.1) is 6.10 Å². The highest BCUT2D eigenvalue weighted by Gasteiger charge is 2.27. The Kier molecular flexibility index (Phi) is 4.70. The third kappa shape index (κ3) is 3.63. The Labute approximate surface area is 123 Å². The maximum Gasteiger partial charge on any atom is 0.371 e. The van der Waals surface area contributed by atoms with Crippen molar-refractivity contribution in [2.24, 2.45) is 5.92 Å². The Hall–Kier alpha value is -1.38. The molecule has 21 heavy (non-hydrogen) atoms. The second-order valence-corrected chi connectivity index (χ2v) is 7.04. The highest BCUT2D eigenvalue weighted by atomic mass is 32.2. The first kappa shape index (κ1) is 16.0. The number of carboxylic acids is 1. The van der Waals surface area contributed by atoms with Gasteiger partial charge in [-0.15, -0.1) is 0 Å². The van der Waals surface area contributed by atoms with E-state index < -0.39 is 27.9 Å². The van der Waals surface area contributed by atoms with Crippen LogP contribution in [0.5, 0.6) is 0 Å². The number of hydrogen-bond acceptors (Lipinski definition) is 5. The predicted octanol–water partition coefficient (Wildman–Crippen LogP) is 1.12. The molecule has 0 saturated heterocycles. The summed E-state index contributed by atoms with van der Waals surface area (Å²) in [5, 5.41) is 18.7. The van der Waals surface area contributed by atoms with Crippen molar-refractivity contribution in [1.82, 2.24) is 4.72 Å². The fourth-order valence-electron chi connectivity index (χ4n) is 2.56. The van der Waals surface area contributed by atoms with Crippen molar-refractivity contribution in [2.75, 3.05) is 6.54 Å². The summed E-state index contributed by atoms with van der Waals surface area (Å²) in [5.74, 6) is -1.81. The summed E-state index contributed by atoms with van der Waals surface area (Å²) in [4.78, 5) is 10.6. The number of carbonyl (C=O) groups is 1. The second-order valence-electron chi connectivity index (χ2n) is 5.30. The van der Waals surface area contributed by atoms with Gasteiger partial charge < -0.3 is 14.6 Å². The second kappa shape index (κ2) is 6.17. The minimum Gasteiger partial charge on any atom is -0.475 e. The fraction of sp³-hybridized carbons (Fsp3) is 0.615. The number of aryl methyl sites for hydroxylation is 1. The first-order valence-electron chi connectivity index (χ1n) is 6.82. The van der Waals surface area contributed by atoms with Crippen LogP contribution in [-0.2, 0) is 10.0 Å². The molecule has 0 bridgehead atoms. The molecule has 0 aliphatic heterocycles. The molecule has 0 aromatic carbocycles. The SMILES string of the molecule is Cc1oc(C(=O)O)cc1S(=O)(=O)NCC1CCCCC1O. The molecule has 118 valence electrons. The Morgan fingerprint density at radius 3 is 2.67 bits per heavy atom. The number of aliphatic hydroxyl groups excluding tert-OH is 1. The Morgan fingerprint density at radius 1 is 1.43 bits per heavy atom. The number of hydrogen-bond donors (Lipinski definition) is 3. The smallest absolute Gasteiger partial charge is 0.371 e. The zero-order valence-electron chi connectivity index (χ0n) is 11.7. The number of aromatic carboxylic acids is 1. The van der Waals surface area contributed by atoms with E-state index in [0.717, 1.165) is 25.3 Å². The summed E-state index contributed by atoms with van der Waals surface area (Å²) in [5.41, 5.74) is 0. The zero-order valence-corrected chi connectivity index (χ0v) is 12.5. The topological polar surface area (TPSA) is 117 Å². The predicted molar refractivity (Wildman–Crippen MR) is 73.6 cm³/mol. The average molecular weight is 317 g/mol. The van der Waals surface area contributed by atoms with Gasteiger partial charge in [0.1, 0.15) is 10.7 Å². The molecule has 0 radical (unpaired) electrons. The van der Waals surface area contributed by atoms with E-state index in [1.165, 1.54) is 6.92 Å². The van der Waals surface area contributed by atoms with Crippen molar-refractivity contribution >= 4 is 16.0 Å². The minimum atomic E-state index is -3.84. The van der Waals surface area contributed by atoms with E-state index in [9.17, 15) is 18.3 Å². The van der Waals surface area contributed by atoms with E-state index in [1.54, 1.807) is 0 Å². The van der Waals surface area contributed by atoms with Crippen molar-refractivity contribution in [1.29, 1.82) is 0 Å². The van der Waals surface area contributed by atoms with Crippen LogP contribution in [0.25, 0.3) is 0 Å². The quantitative estimate of drug-likeness (QED) is 0.749. The van der Waals surface area contributed by atoms with Crippen LogP contribution in [0.4, 0.5) is 0 Å². The average Bonchev–Trinajstić information content (AvgIpc) is 2.81. The minimum absolute atomic E-state index is 0.0316. The fourth-order valence-corrected chi connectivity index (χ4v) is 3.83. The number of rotatable bonds is 5. The Bertz CT molecular complexity index is 621. The first-order valence-corrected chi connectivity index (χ1v) is 8.31. The molecule has 7 nitrogen and oxygen atoms in total. The molecule has 1 heterocycles. The van der Waals surface area contributed by atoms with E-state index in [2.05, 4.69) is 4.72 Å². The molecule has 0 spiro atoms. The summed E-state index contributed by atoms with van der Waals surface area (Å²) in [6.45, 7) is 1.53. The molecule has 2 unspecified atom stereocenters. The maximum absolute atomic E-state index is 12.2. The van der Waals surface area contributed by atoms with Gasteiger partial charge in [0, 0.05) is 12.6 Å². The lowest BCUT2D eigenvalue weighted by molar-refractivity contribution is 0.0660. The van der Waals surface area contributed by atoms with Crippen molar-refractivity contribution in [3.8, 4) is 0 Å². The summed E-state index contributed by atoms with van der Waals surface area (Å²) in [6, 6.07) is 0.997. The monoisotopic (exact) mass is 317 g/mol. The molecule has 8 heteroatoms. The highest BCUT2D eigenvalue weighted by Crippen LogP contribution is 2.25. The van der Waals surface area contributed by atoms with Crippen LogP contribution in [0.15, 0.2) is 15.4 Å². The zero-order chi connectivity index (χ0) is 15.6.